The van der Waals surface area contributed by atoms with E-state index in [1.807, 2.05) is 0 Å². The summed E-state index contributed by atoms with van der Waals surface area (Å²) >= 11 is 0. The zero-order chi connectivity index (χ0) is 30.4. The summed E-state index contributed by atoms with van der Waals surface area (Å²) in [5.41, 5.74) is 0. The van der Waals surface area contributed by atoms with E-state index >= 15 is 0 Å². The summed E-state index contributed by atoms with van der Waals surface area (Å²) in [5, 5.41) is 0. The quantitative estimate of drug-likeness (QED) is 0.0511. The molecule has 0 aliphatic heterocycles. The summed E-state index contributed by atoms with van der Waals surface area (Å²) in [7, 11) is -5.31. The molecule has 44 heavy (non-hydrogen) atoms. The smallest absolute Gasteiger partial charge is 0.790 e. The largest absolute Gasteiger partial charge is 1.00 e. The summed E-state index contributed by atoms with van der Waals surface area (Å²) in [6.45, 7) is 2.53. The average Bonchev–Trinajstić information content (AvgIpc) is 2.93. The topological polar surface area (TPSA) is 160 Å². The Hall–Kier alpha value is -1.63. The summed E-state index contributed by atoms with van der Waals surface area (Å²) < 4.78 is 25.0. The molecule has 0 aliphatic carbocycles. The van der Waals surface area contributed by atoms with Crippen LogP contribution in [0, 0.1) is 71.0 Å². The first-order chi connectivity index (χ1) is 19.8. The number of hydrogen-bond donors (Lipinski definition) is 1. The van der Waals surface area contributed by atoms with Crippen LogP contribution in [0.4, 0.5) is 0 Å². The molecule has 0 aromatic rings. The van der Waals surface area contributed by atoms with E-state index in [4.69, 9.17) is 9.47 Å². The van der Waals surface area contributed by atoms with Crippen molar-refractivity contribution in [1.29, 1.82) is 0 Å². The normalized spacial score (nSPS) is 9.36. The van der Waals surface area contributed by atoms with E-state index in [0.717, 1.165) is 19.3 Å². The van der Waals surface area contributed by atoms with E-state index in [-0.39, 0.29) is 87.4 Å². The Morgan fingerprint density at radius 3 is 1.59 bits per heavy atom. The molecule has 1 atom stereocenters. The van der Waals surface area contributed by atoms with Crippen molar-refractivity contribution in [2.75, 3.05) is 13.2 Å². The molecule has 12 heteroatoms. The molecule has 0 rings (SSSR count). The van der Waals surface area contributed by atoms with Crippen LogP contribution >= 0.6 is 7.82 Å². The Labute approximate surface area is 324 Å². The number of esters is 2. The SMILES string of the molecule is CC#CC#CC#CC#CC#CC#CC(=O)OC[C@H](COP(=O)([O-])[O-])OC(=O)CCCCCCCCCCCCCC.N.[HH].[HH].[HH].[HH].[HH].[HH].[HH].[HH].[HH].[HH].[HH].[Na+].[Na+]. The van der Waals surface area contributed by atoms with E-state index in [9.17, 15) is 23.9 Å². The van der Waals surface area contributed by atoms with Gasteiger partial charge in [0.05, 0.1) is 14.4 Å². The van der Waals surface area contributed by atoms with Crippen LogP contribution in [0.3, 0.4) is 0 Å². The second kappa shape index (κ2) is 35.8. The molecule has 0 bridgehead atoms. The van der Waals surface area contributed by atoms with Crippen LogP contribution in [0.15, 0.2) is 0 Å². The minimum absolute atomic E-state index is 0. The van der Waals surface area contributed by atoms with Gasteiger partial charge in [0.15, 0.2) is 6.10 Å². The van der Waals surface area contributed by atoms with Crippen molar-refractivity contribution >= 4 is 19.8 Å². The van der Waals surface area contributed by atoms with Crippen molar-refractivity contribution in [1.82, 2.24) is 6.15 Å². The van der Waals surface area contributed by atoms with E-state index in [1.54, 1.807) is 6.92 Å². The minimum Gasteiger partial charge on any atom is -0.790 e. The first-order valence-electron chi connectivity index (χ1n) is 13.7. The van der Waals surface area contributed by atoms with Crippen molar-refractivity contribution in [3.8, 4) is 71.0 Å². The summed E-state index contributed by atoms with van der Waals surface area (Å²) in [6.07, 6.45) is 12.5. The predicted molar refractivity (Wildman–Crippen MR) is 181 cm³/mol. The molecule has 0 aromatic heterocycles. The van der Waals surface area contributed by atoms with E-state index in [2.05, 4.69) is 82.5 Å². The Morgan fingerprint density at radius 1 is 0.705 bits per heavy atom. The monoisotopic (exact) mass is 665 g/mol. The molecular weight excluding hydrogens is 603 g/mol. The van der Waals surface area contributed by atoms with Crippen molar-refractivity contribution in [2.24, 2.45) is 0 Å². The molecule has 3 N–H and O–H groups in total. The molecule has 0 saturated carbocycles. The second-order valence-electron chi connectivity index (χ2n) is 8.72. The van der Waals surface area contributed by atoms with Crippen molar-refractivity contribution in [2.45, 2.75) is 103 Å². The fourth-order valence-electron chi connectivity index (χ4n) is 3.25. The van der Waals surface area contributed by atoms with Crippen LogP contribution < -0.4 is 75.1 Å². The molecule has 0 aliphatic rings. The minimum atomic E-state index is -5.31. The van der Waals surface area contributed by atoms with Crippen molar-refractivity contribution in [3.05, 3.63) is 0 Å². The molecule has 9 nitrogen and oxygen atoms in total. The third kappa shape index (κ3) is 38.4. The van der Waals surface area contributed by atoms with Crippen molar-refractivity contribution in [3.63, 3.8) is 0 Å². The van der Waals surface area contributed by atoms with Crippen molar-refractivity contribution < 1.29 is 113 Å². The van der Waals surface area contributed by atoms with Gasteiger partial charge in [0.2, 0.25) is 0 Å². The number of hydrogen-bond acceptors (Lipinski definition) is 9. The third-order valence-corrected chi connectivity index (χ3v) is 5.67. The Balaban J connectivity index is -0.0000000879. The fourth-order valence-corrected chi connectivity index (χ4v) is 3.59. The molecule has 0 spiro atoms. The van der Waals surface area contributed by atoms with Gasteiger partial charge in [-0.3, -0.25) is 4.79 Å². The number of carbonyl (C=O) groups is 2. The van der Waals surface area contributed by atoms with Gasteiger partial charge in [-0.2, -0.15) is 0 Å². The molecule has 0 amide bonds. The fraction of sp³-hybridized carbons (Fsp3) is 0.562. The van der Waals surface area contributed by atoms with Gasteiger partial charge in [0, 0.05) is 28.0 Å². The number of phosphoric acid groups is 1. The van der Waals surface area contributed by atoms with Gasteiger partial charge in [-0.15, -0.1) is 0 Å². The number of ether oxygens (including phenoxy) is 2. The van der Waals surface area contributed by atoms with Crippen LogP contribution in [-0.2, 0) is 28.2 Å². The zero-order valence-electron chi connectivity index (χ0n) is 26.6. The number of rotatable bonds is 19. The molecule has 0 saturated heterocycles. The van der Waals surface area contributed by atoms with Gasteiger partial charge in [-0.05, 0) is 72.5 Å². The van der Waals surface area contributed by atoms with E-state index < -0.39 is 39.1 Å². The van der Waals surface area contributed by atoms with Gasteiger partial charge in [-0.25, -0.2) is 4.79 Å². The Bertz CT molecular complexity index is 1270. The standard InChI is InChI=1S/C32H39O8P.H3N.2Na.11H2/c1-3-5-7-9-11-13-15-17-19-21-23-25-27-32(34)40-30(29-39-41(35,36)37)28-38-31(33)26-24-22-20-18-16-14-12-10-8-6-4-2;;;;;;;;;;;;;;/h30H,3,5,7,9,11,13,15,17,19,21,23,25,27-29H2,1-2H3,(H2,35,36,37);1H3;;;11*1H/q;;2*+1;;;;;;;;;;;/p-2/t30-;;;;;;;;;;;;;;/m1............../s1. The maximum Gasteiger partial charge on any atom is 1.00 e. The summed E-state index contributed by atoms with van der Waals surface area (Å²) in [5.74, 6) is 27.1. The first kappa shape index (κ1) is 49.3. The van der Waals surface area contributed by atoms with E-state index in [0.29, 0.717) is 6.42 Å². The molecule has 0 fully saturated rings. The maximum absolute atomic E-state index is 12.2. The molecule has 0 heterocycles. The molecular formula is C32H62NNa2O8P. The summed E-state index contributed by atoms with van der Waals surface area (Å²) in [6, 6.07) is 0. The molecule has 0 unspecified atom stereocenters. The maximum atomic E-state index is 12.2. The Morgan fingerprint density at radius 2 is 1.14 bits per heavy atom. The number of phosphoric ester groups is 1. The first-order valence-corrected chi connectivity index (χ1v) is 15.2. The molecule has 0 aromatic carbocycles. The second-order valence-corrected chi connectivity index (χ2v) is 9.87. The predicted octanol–water partition coefficient (Wildman–Crippen LogP) is 0.294. The molecule has 250 valence electrons. The zero-order valence-corrected chi connectivity index (χ0v) is 31.5. The van der Waals surface area contributed by atoms with Crippen LogP contribution in [0.1, 0.15) is 113 Å². The van der Waals surface area contributed by atoms with E-state index in [1.165, 1.54) is 51.4 Å². The van der Waals surface area contributed by atoms with Gasteiger partial charge >= 0.3 is 71.1 Å². The summed E-state index contributed by atoms with van der Waals surface area (Å²) in [4.78, 5) is 45.6. The van der Waals surface area contributed by atoms with Gasteiger partial charge in [-0.1, -0.05) is 83.5 Å². The third-order valence-electron chi connectivity index (χ3n) is 5.20. The van der Waals surface area contributed by atoms with Crippen LogP contribution in [0.25, 0.3) is 0 Å². The van der Waals surface area contributed by atoms with Gasteiger partial charge in [0.1, 0.15) is 6.61 Å². The van der Waals surface area contributed by atoms with Crippen LogP contribution in [0.2, 0.25) is 0 Å². The average molecular weight is 666 g/mol. The van der Waals surface area contributed by atoms with Gasteiger partial charge < -0.3 is 34.5 Å². The Kier molecular flexibility index (Phi) is 40.1. The molecule has 0 radical (unpaired) electrons. The number of carbonyl (C=O) groups excluding carboxylic acids is 2. The number of unbranched alkanes of at least 4 members (excludes halogenated alkanes) is 11. The van der Waals surface area contributed by atoms with Gasteiger partial charge in [0.25, 0.3) is 0 Å². The van der Waals surface area contributed by atoms with Crippen LogP contribution in [0.5, 0.6) is 0 Å². The van der Waals surface area contributed by atoms with Crippen LogP contribution in [-0.4, -0.2) is 31.3 Å².